The number of nitrogens with zero attached hydrogens (tertiary/aromatic N) is 1. The Morgan fingerprint density at radius 2 is 2.11 bits per heavy atom. The number of hydrogen-bond donors (Lipinski definition) is 2. The smallest absolute Gasteiger partial charge is 0.275 e. The molecule has 2 amide bonds. The highest BCUT2D eigenvalue weighted by Gasteiger charge is 2.14. The van der Waals surface area contributed by atoms with E-state index >= 15 is 0 Å². The summed E-state index contributed by atoms with van der Waals surface area (Å²) in [5.74, 6) is 0.0803. The second kappa shape index (κ2) is 9.82. The SMILES string of the molecule is CCOCCCNC(=O)c1cccc(NC(=O)c2csc(-c3ccco3)n2)c1. The largest absolute Gasteiger partial charge is 0.462 e. The molecule has 0 radical (unpaired) electrons. The van der Waals surface area contributed by atoms with Crippen LogP contribution in [0.1, 0.15) is 34.2 Å². The third-order valence-corrected chi connectivity index (χ3v) is 4.66. The van der Waals surface area contributed by atoms with E-state index in [2.05, 4.69) is 15.6 Å². The zero-order valence-corrected chi connectivity index (χ0v) is 16.3. The number of benzene rings is 1. The molecule has 0 aliphatic carbocycles. The van der Waals surface area contributed by atoms with Crippen molar-refractivity contribution in [1.82, 2.24) is 10.3 Å². The van der Waals surface area contributed by atoms with E-state index in [1.54, 1.807) is 48.0 Å². The number of carbonyl (C=O) groups is 2. The molecule has 8 heteroatoms. The molecule has 0 spiro atoms. The summed E-state index contributed by atoms with van der Waals surface area (Å²) in [5.41, 5.74) is 1.30. The highest BCUT2D eigenvalue weighted by atomic mass is 32.1. The van der Waals surface area contributed by atoms with E-state index in [1.807, 2.05) is 6.92 Å². The van der Waals surface area contributed by atoms with Crippen molar-refractivity contribution in [2.24, 2.45) is 0 Å². The molecule has 0 saturated carbocycles. The first kappa shape index (κ1) is 19.8. The summed E-state index contributed by atoms with van der Waals surface area (Å²) in [6, 6.07) is 10.3. The van der Waals surface area contributed by atoms with Gasteiger partial charge in [0.05, 0.1) is 6.26 Å². The lowest BCUT2D eigenvalue weighted by molar-refractivity contribution is 0.0943. The molecule has 28 heavy (non-hydrogen) atoms. The molecule has 2 N–H and O–H groups in total. The summed E-state index contributed by atoms with van der Waals surface area (Å²) < 4.78 is 10.5. The zero-order chi connectivity index (χ0) is 19.8. The first-order valence-corrected chi connectivity index (χ1v) is 9.82. The number of amides is 2. The van der Waals surface area contributed by atoms with Crippen LogP contribution >= 0.6 is 11.3 Å². The molecule has 0 unspecified atom stereocenters. The lowest BCUT2D eigenvalue weighted by atomic mass is 10.2. The van der Waals surface area contributed by atoms with Crippen LogP contribution in [0.25, 0.3) is 10.8 Å². The van der Waals surface area contributed by atoms with Crippen LogP contribution in [0.4, 0.5) is 5.69 Å². The quantitative estimate of drug-likeness (QED) is 0.534. The minimum Gasteiger partial charge on any atom is -0.462 e. The van der Waals surface area contributed by atoms with Gasteiger partial charge in [-0.15, -0.1) is 11.3 Å². The average Bonchev–Trinajstić information content (AvgIpc) is 3.39. The fourth-order valence-electron chi connectivity index (χ4n) is 2.45. The van der Waals surface area contributed by atoms with Crippen molar-refractivity contribution in [3.63, 3.8) is 0 Å². The van der Waals surface area contributed by atoms with Crippen molar-refractivity contribution >= 4 is 28.8 Å². The molecule has 0 saturated heterocycles. The summed E-state index contributed by atoms with van der Waals surface area (Å²) in [6.45, 7) is 3.74. The maximum Gasteiger partial charge on any atom is 0.275 e. The predicted octanol–water partition coefficient (Wildman–Crippen LogP) is 3.81. The fraction of sp³-hybridized carbons (Fsp3) is 0.250. The first-order valence-electron chi connectivity index (χ1n) is 8.94. The van der Waals surface area contributed by atoms with Crippen molar-refractivity contribution in [3.8, 4) is 10.8 Å². The molecular weight excluding hydrogens is 378 g/mol. The molecule has 2 heterocycles. The Hall–Kier alpha value is -2.97. The summed E-state index contributed by atoms with van der Waals surface area (Å²) >= 11 is 1.33. The van der Waals surface area contributed by atoms with Gasteiger partial charge in [0.25, 0.3) is 11.8 Å². The van der Waals surface area contributed by atoms with Gasteiger partial charge in [0.1, 0.15) is 5.69 Å². The molecule has 0 atom stereocenters. The van der Waals surface area contributed by atoms with Crippen LogP contribution in [0.5, 0.6) is 0 Å². The molecular formula is C20H21N3O4S. The van der Waals surface area contributed by atoms with Crippen LogP contribution in [0, 0.1) is 0 Å². The highest BCUT2D eigenvalue weighted by molar-refractivity contribution is 7.13. The van der Waals surface area contributed by atoms with Gasteiger partial charge >= 0.3 is 0 Å². The van der Waals surface area contributed by atoms with E-state index < -0.39 is 0 Å². The molecule has 2 aromatic heterocycles. The van der Waals surface area contributed by atoms with E-state index in [-0.39, 0.29) is 11.8 Å². The van der Waals surface area contributed by atoms with Crippen LogP contribution in [0.15, 0.2) is 52.5 Å². The van der Waals surface area contributed by atoms with Crippen LogP contribution in [-0.2, 0) is 4.74 Å². The van der Waals surface area contributed by atoms with Gasteiger partial charge in [0.2, 0.25) is 0 Å². The molecule has 7 nitrogen and oxygen atoms in total. The van der Waals surface area contributed by atoms with E-state index in [1.165, 1.54) is 11.3 Å². The Morgan fingerprint density at radius 1 is 1.21 bits per heavy atom. The van der Waals surface area contributed by atoms with E-state index in [0.717, 1.165) is 6.42 Å². The van der Waals surface area contributed by atoms with Gasteiger partial charge in [-0.3, -0.25) is 9.59 Å². The van der Waals surface area contributed by atoms with Gasteiger partial charge in [-0.25, -0.2) is 4.98 Å². The van der Waals surface area contributed by atoms with Crippen molar-refractivity contribution in [1.29, 1.82) is 0 Å². The minimum absolute atomic E-state index is 0.193. The van der Waals surface area contributed by atoms with Crippen molar-refractivity contribution < 1.29 is 18.7 Å². The summed E-state index contributed by atoms with van der Waals surface area (Å²) in [7, 11) is 0. The summed E-state index contributed by atoms with van der Waals surface area (Å²) in [4.78, 5) is 29.0. The number of ether oxygens (including phenoxy) is 1. The van der Waals surface area contributed by atoms with Crippen molar-refractivity contribution in [2.75, 3.05) is 25.1 Å². The minimum atomic E-state index is -0.344. The average molecular weight is 399 g/mol. The number of furan rings is 1. The second-order valence-electron chi connectivity index (χ2n) is 5.86. The Bertz CT molecular complexity index is 921. The number of carbonyl (C=O) groups excluding carboxylic acids is 2. The molecule has 146 valence electrons. The molecule has 3 aromatic rings. The van der Waals surface area contributed by atoms with Gasteiger partial charge in [-0.1, -0.05) is 6.07 Å². The van der Waals surface area contributed by atoms with Crippen molar-refractivity contribution in [3.05, 3.63) is 59.3 Å². The van der Waals surface area contributed by atoms with Gasteiger partial charge in [-0.05, 0) is 43.7 Å². The number of hydrogen-bond acceptors (Lipinski definition) is 6. The monoisotopic (exact) mass is 399 g/mol. The molecule has 3 rings (SSSR count). The molecule has 1 aromatic carbocycles. The Morgan fingerprint density at radius 3 is 2.89 bits per heavy atom. The topological polar surface area (TPSA) is 93.5 Å². The molecule has 0 aliphatic rings. The van der Waals surface area contributed by atoms with E-state index in [4.69, 9.17) is 9.15 Å². The van der Waals surface area contributed by atoms with Gasteiger partial charge < -0.3 is 19.8 Å². The maximum atomic E-state index is 12.4. The Kier molecular flexibility index (Phi) is 6.94. The van der Waals surface area contributed by atoms with Gasteiger partial charge in [0.15, 0.2) is 10.8 Å². The number of nitrogens with one attached hydrogen (secondary N) is 2. The molecule has 0 bridgehead atoms. The highest BCUT2D eigenvalue weighted by Crippen LogP contribution is 2.24. The summed E-state index contributed by atoms with van der Waals surface area (Å²) in [5, 5.41) is 7.91. The zero-order valence-electron chi connectivity index (χ0n) is 15.4. The first-order chi connectivity index (χ1) is 13.7. The van der Waals surface area contributed by atoms with E-state index in [9.17, 15) is 9.59 Å². The van der Waals surface area contributed by atoms with Crippen molar-refractivity contribution in [2.45, 2.75) is 13.3 Å². The molecule has 0 aliphatic heterocycles. The van der Waals surface area contributed by atoms with E-state index in [0.29, 0.717) is 47.5 Å². The number of aromatic nitrogens is 1. The number of rotatable bonds is 9. The molecule has 0 fully saturated rings. The van der Waals surface area contributed by atoms with Gasteiger partial charge in [-0.2, -0.15) is 0 Å². The fourth-order valence-corrected chi connectivity index (χ4v) is 3.21. The Labute approximate surface area is 166 Å². The number of anilines is 1. The van der Waals surface area contributed by atoms with Crippen LogP contribution in [0.3, 0.4) is 0 Å². The third kappa shape index (κ3) is 5.28. The van der Waals surface area contributed by atoms with Crippen LogP contribution in [-0.4, -0.2) is 36.6 Å². The van der Waals surface area contributed by atoms with Crippen LogP contribution < -0.4 is 10.6 Å². The standard InChI is InChI=1S/C20H21N3O4S/c1-2-26-10-5-9-21-18(24)14-6-3-7-15(12-14)22-19(25)16-13-28-20(23-16)17-8-4-11-27-17/h3-4,6-8,11-13H,2,5,9-10H2,1H3,(H,21,24)(H,22,25). The predicted molar refractivity (Wildman–Crippen MR) is 108 cm³/mol. The summed E-state index contributed by atoms with van der Waals surface area (Å²) in [6.07, 6.45) is 2.31. The maximum absolute atomic E-state index is 12.4. The third-order valence-electron chi connectivity index (χ3n) is 3.81. The number of thiazole rings is 1. The van der Waals surface area contributed by atoms with Gasteiger partial charge in [0, 0.05) is 36.4 Å². The lowest BCUT2D eigenvalue weighted by Gasteiger charge is -2.08. The van der Waals surface area contributed by atoms with Crippen LogP contribution in [0.2, 0.25) is 0 Å². The second-order valence-corrected chi connectivity index (χ2v) is 6.71. The lowest BCUT2D eigenvalue weighted by Crippen LogP contribution is -2.25. The normalized spacial score (nSPS) is 10.6. The Balaban J connectivity index is 1.58.